The number of pyridine rings is 1. The minimum Gasteiger partial charge on any atom is -0.336 e. The maximum Gasteiger partial charge on any atom is 0.317 e. The molecule has 1 aliphatic heterocycles. The summed E-state index contributed by atoms with van der Waals surface area (Å²) in [5.74, 6) is 0. The topological polar surface area (TPSA) is 48.5 Å². The molecule has 128 valence electrons. The number of aromatic nitrogens is 1. The van der Waals surface area contributed by atoms with Gasteiger partial charge in [-0.05, 0) is 67.0 Å². The summed E-state index contributed by atoms with van der Waals surface area (Å²) in [5, 5.41) is 7.35. The molecule has 2 aromatic rings. The van der Waals surface area contributed by atoms with Crippen LogP contribution in [0.15, 0.2) is 41.4 Å². The first-order chi connectivity index (χ1) is 11.7. The number of likely N-dealkylation sites (tertiary alicyclic amines) is 1. The Morgan fingerprint density at radius 2 is 2.21 bits per heavy atom. The molecule has 0 bridgehead atoms. The highest BCUT2D eigenvalue weighted by molar-refractivity contribution is 7.07. The molecule has 3 heterocycles. The lowest BCUT2D eigenvalue weighted by Crippen LogP contribution is -2.42. The standard InChI is InChI=1S/C18H24N4OS/c1-21(2)17(15-7-11-24-13-15)12-20-18(23)22-10-3-4-16(22)14-5-8-19-9-6-14/h5-9,11,13,16-17H,3-4,10,12H2,1-2H3,(H,20,23)/t16-,17+/m0/s1. The number of thiophene rings is 1. The Balaban J connectivity index is 1.64. The van der Waals surface area contributed by atoms with Gasteiger partial charge in [0.15, 0.2) is 0 Å². The Morgan fingerprint density at radius 3 is 2.88 bits per heavy atom. The molecule has 1 aliphatic rings. The third-order valence-electron chi connectivity index (χ3n) is 4.60. The van der Waals surface area contributed by atoms with E-state index in [-0.39, 0.29) is 18.1 Å². The normalized spacial score (nSPS) is 18.8. The van der Waals surface area contributed by atoms with Crippen LogP contribution in [0, 0.1) is 0 Å². The van der Waals surface area contributed by atoms with E-state index in [2.05, 4.69) is 32.0 Å². The Labute approximate surface area is 147 Å². The molecule has 1 N–H and O–H groups in total. The van der Waals surface area contributed by atoms with E-state index in [0.717, 1.165) is 19.4 Å². The van der Waals surface area contributed by atoms with Crippen molar-refractivity contribution in [2.24, 2.45) is 0 Å². The zero-order valence-corrected chi connectivity index (χ0v) is 15.0. The highest BCUT2D eigenvalue weighted by Crippen LogP contribution is 2.31. The van der Waals surface area contributed by atoms with Crippen molar-refractivity contribution in [1.29, 1.82) is 0 Å². The van der Waals surface area contributed by atoms with Gasteiger partial charge in [-0.3, -0.25) is 4.98 Å². The van der Waals surface area contributed by atoms with Crippen molar-refractivity contribution in [3.63, 3.8) is 0 Å². The Bertz CT molecular complexity index is 644. The van der Waals surface area contributed by atoms with Crippen molar-refractivity contribution in [1.82, 2.24) is 20.1 Å². The van der Waals surface area contributed by atoms with E-state index in [0.29, 0.717) is 6.54 Å². The van der Waals surface area contributed by atoms with Gasteiger partial charge in [0.2, 0.25) is 0 Å². The Hall–Kier alpha value is -1.92. The van der Waals surface area contributed by atoms with Crippen LogP contribution in [0.1, 0.15) is 36.1 Å². The molecule has 3 rings (SSSR count). The Morgan fingerprint density at radius 1 is 1.42 bits per heavy atom. The molecule has 1 fully saturated rings. The molecular weight excluding hydrogens is 320 g/mol. The van der Waals surface area contributed by atoms with Crippen molar-refractivity contribution >= 4 is 17.4 Å². The molecule has 2 atom stereocenters. The van der Waals surface area contributed by atoms with Crippen LogP contribution in [0.5, 0.6) is 0 Å². The molecule has 2 aromatic heterocycles. The summed E-state index contributed by atoms with van der Waals surface area (Å²) in [6.45, 7) is 1.42. The maximum atomic E-state index is 12.7. The van der Waals surface area contributed by atoms with Crippen LogP contribution in [-0.4, -0.2) is 48.0 Å². The van der Waals surface area contributed by atoms with Crippen LogP contribution in [0.2, 0.25) is 0 Å². The van der Waals surface area contributed by atoms with Crippen LogP contribution >= 0.6 is 11.3 Å². The van der Waals surface area contributed by atoms with Crippen LogP contribution in [0.4, 0.5) is 4.79 Å². The first kappa shape index (κ1) is 16.9. The van der Waals surface area contributed by atoms with Gasteiger partial charge in [-0.25, -0.2) is 4.79 Å². The maximum absolute atomic E-state index is 12.7. The molecule has 0 unspecified atom stereocenters. The third kappa shape index (κ3) is 3.76. The van der Waals surface area contributed by atoms with Gasteiger partial charge in [0.25, 0.3) is 0 Å². The van der Waals surface area contributed by atoms with E-state index >= 15 is 0 Å². The zero-order chi connectivity index (χ0) is 16.9. The fourth-order valence-corrected chi connectivity index (χ4v) is 4.00. The van der Waals surface area contributed by atoms with Gasteiger partial charge in [0.1, 0.15) is 0 Å². The number of carbonyl (C=O) groups is 1. The highest BCUT2D eigenvalue weighted by Gasteiger charge is 2.30. The van der Waals surface area contributed by atoms with Crippen molar-refractivity contribution in [2.45, 2.75) is 24.9 Å². The average Bonchev–Trinajstić information content (AvgIpc) is 3.27. The van der Waals surface area contributed by atoms with E-state index in [4.69, 9.17) is 0 Å². The highest BCUT2D eigenvalue weighted by atomic mass is 32.1. The quantitative estimate of drug-likeness (QED) is 0.905. The van der Waals surface area contributed by atoms with Gasteiger partial charge < -0.3 is 15.1 Å². The molecule has 0 radical (unpaired) electrons. The van der Waals surface area contributed by atoms with Crippen LogP contribution in [0.25, 0.3) is 0 Å². The van der Waals surface area contributed by atoms with Crippen LogP contribution in [0.3, 0.4) is 0 Å². The SMILES string of the molecule is CN(C)[C@H](CNC(=O)N1CCC[C@H]1c1ccncc1)c1ccsc1. The molecule has 2 amide bonds. The van der Waals surface area contributed by atoms with Gasteiger partial charge in [0, 0.05) is 25.5 Å². The smallest absolute Gasteiger partial charge is 0.317 e. The summed E-state index contributed by atoms with van der Waals surface area (Å²) in [4.78, 5) is 20.9. The van der Waals surface area contributed by atoms with Crippen molar-refractivity contribution in [3.8, 4) is 0 Å². The van der Waals surface area contributed by atoms with Crippen molar-refractivity contribution < 1.29 is 4.79 Å². The van der Waals surface area contributed by atoms with Gasteiger partial charge in [0.05, 0.1) is 12.1 Å². The lowest BCUT2D eigenvalue weighted by molar-refractivity contribution is 0.187. The number of nitrogens with zero attached hydrogens (tertiary/aromatic N) is 3. The number of amides is 2. The molecule has 5 nitrogen and oxygen atoms in total. The minimum absolute atomic E-state index is 0.0244. The van der Waals surface area contributed by atoms with Crippen LogP contribution < -0.4 is 5.32 Å². The summed E-state index contributed by atoms with van der Waals surface area (Å²) in [6.07, 6.45) is 5.64. The number of likely N-dealkylation sites (N-methyl/N-ethyl adjacent to an activating group) is 1. The largest absolute Gasteiger partial charge is 0.336 e. The lowest BCUT2D eigenvalue weighted by Gasteiger charge is -2.28. The molecule has 24 heavy (non-hydrogen) atoms. The van der Waals surface area contributed by atoms with E-state index in [9.17, 15) is 4.79 Å². The summed E-state index contributed by atoms with van der Waals surface area (Å²) < 4.78 is 0. The second kappa shape index (κ2) is 7.77. The van der Waals surface area contributed by atoms with E-state index < -0.39 is 0 Å². The van der Waals surface area contributed by atoms with Gasteiger partial charge in [-0.2, -0.15) is 11.3 Å². The molecule has 1 saturated heterocycles. The van der Waals surface area contributed by atoms with Crippen molar-refractivity contribution in [3.05, 3.63) is 52.5 Å². The molecule has 0 spiro atoms. The number of rotatable bonds is 5. The van der Waals surface area contributed by atoms with Crippen molar-refractivity contribution in [2.75, 3.05) is 27.2 Å². The van der Waals surface area contributed by atoms with E-state index in [1.807, 2.05) is 31.1 Å². The number of nitrogens with one attached hydrogen (secondary N) is 1. The summed E-state index contributed by atoms with van der Waals surface area (Å²) in [6, 6.07) is 6.51. The van der Waals surface area contributed by atoms with E-state index in [1.165, 1.54) is 11.1 Å². The van der Waals surface area contributed by atoms with Gasteiger partial charge in [-0.15, -0.1) is 0 Å². The monoisotopic (exact) mass is 344 g/mol. The van der Waals surface area contributed by atoms with E-state index in [1.54, 1.807) is 23.7 Å². The number of carbonyl (C=O) groups excluding carboxylic acids is 1. The second-order valence-electron chi connectivity index (χ2n) is 6.35. The fraction of sp³-hybridized carbons (Fsp3) is 0.444. The lowest BCUT2D eigenvalue weighted by atomic mass is 10.1. The first-order valence-corrected chi connectivity index (χ1v) is 9.24. The summed E-state index contributed by atoms with van der Waals surface area (Å²) in [7, 11) is 4.09. The second-order valence-corrected chi connectivity index (χ2v) is 7.13. The molecular formula is C18H24N4OS. The predicted molar refractivity (Wildman–Crippen MR) is 97.1 cm³/mol. The average molecular weight is 344 g/mol. The predicted octanol–water partition coefficient (Wildman–Crippen LogP) is 3.29. The van der Waals surface area contributed by atoms with Gasteiger partial charge >= 0.3 is 6.03 Å². The summed E-state index contributed by atoms with van der Waals surface area (Å²) in [5.41, 5.74) is 2.41. The molecule has 0 aromatic carbocycles. The number of hydrogen-bond donors (Lipinski definition) is 1. The van der Waals surface area contributed by atoms with Crippen LogP contribution in [-0.2, 0) is 0 Å². The number of hydrogen-bond acceptors (Lipinski definition) is 4. The molecule has 0 aliphatic carbocycles. The first-order valence-electron chi connectivity index (χ1n) is 8.29. The fourth-order valence-electron chi connectivity index (χ4n) is 3.29. The number of urea groups is 1. The minimum atomic E-state index is 0.0244. The molecule has 0 saturated carbocycles. The Kier molecular flexibility index (Phi) is 5.48. The van der Waals surface area contributed by atoms with Gasteiger partial charge in [-0.1, -0.05) is 0 Å². The third-order valence-corrected chi connectivity index (χ3v) is 5.30. The summed E-state index contributed by atoms with van der Waals surface area (Å²) >= 11 is 1.69. The molecule has 6 heteroatoms. The zero-order valence-electron chi connectivity index (χ0n) is 14.2.